The van der Waals surface area contributed by atoms with E-state index in [0.29, 0.717) is 24.6 Å². The molecule has 9 nitrogen and oxygen atoms in total. The van der Waals surface area contributed by atoms with Gasteiger partial charge in [-0.15, -0.1) is 0 Å². The third-order valence-corrected chi connectivity index (χ3v) is 11.2. The standard InChI is InChI=1S/C38H58N6O3S/c1-6-7-8-9-10-11-12-13-14-15-16-17-18-19-20-36-40-37(47-43-36)35(27-30(2)3)44(5)48(45,46)32-23-21-31(22-24-32)28-38(4)41-33-25-26-39-29-34(33)42-38/h21-26,29-30,35H,6-20,27-28H2,1-5H3. The zero-order valence-electron chi connectivity index (χ0n) is 30.0. The van der Waals surface area contributed by atoms with Crippen LogP contribution in [0.15, 0.2) is 62.1 Å². The third-order valence-electron chi connectivity index (χ3n) is 9.30. The summed E-state index contributed by atoms with van der Waals surface area (Å²) in [4.78, 5) is 18.5. The molecule has 2 aromatic heterocycles. The van der Waals surface area contributed by atoms with Gasteiger partial charge < -0.3 is 4.52 Å². The summed E-state index contributed by atoms with van der Waals surface area (Å²) in [6, 6.07) is 8.32. The first-order valence-corrected chi connectivity index (χ1v) is 19.8. The molecule has 0 spiro atoms. The highest BCUT2D eigenvalue weighted by molar-refractivity contribution is 7.89. The Labute approximate surface area is 288 Å². The van der Waals surface area contributed by atoms with Crippen molar-refractivity contribution in [2.24, 2.45) is 15.9 Å². The molecule has 0 bridgehead atoms. The van der Waals surface area contributed by atoms with E-state index in [4.69, 9.17) is 14.5 Å². The summed E-state index contributed by atoms with van der Waals surface area (Å²) in [5, 5.41) is 5.84. The van der Waals surface area contributed by atoms with Crippen molar-refractivity contribution in [3.63, 3.8) is 0 Å². The number of rotatable bonds is 23. The van der Waals surface area contributed by atoms with E-state index in [1.807, 2.05) is 25.1 Å². The second kappa shape index (κ2) is 18.7. The lowest BCUT2D eigenvalue weighted by Gasteiger charge is -2.26. The Balaban J connectivity index is 1.24. The van der Waals surface area contributed by atoms with Crippen LogP contribution in [0.4, 0.5) is 0 Å². The lowest BCUT2D eigenvalue weighted by molar-refractivity contribution is 0.247. The number of aryl methyl sites for hydroxylation is 1. The maximum Gasteiger partial charge on any atom is 0.245 e. The minimum atomic E-state index is -3.82. The molecule has 0 saturated heterocycles. The quantitative estimate of drug-likeness (QED) is 0.0937. The third kappa shape index (κ3) is 11.3. The Hall–Kier alpha value is -2.98. The van der Waals surface area contributed by atoms with Crippen molar-refractivity contribution >= 4 is 10.0 Å². The van der Waals surface area contributed by atoms with Crippen LogP contribution >= 0.6 is 0 Å². The fourth-order valence-corrected chi connectivity index (χ4v) is 7.84. The van der Waals surface area contributed by atoms with Gasteiger partial charge in [0.2, 0.25) is 15.9 Å². The fourth-order valence-electron chi connectivity index (χ4n) is 6.52. The molecule has 1 aliphatic heterocycles. The van der Waals surface area contributed by atoms with E-state index in [-0.39, 0.29) is 10.8 Å². The molecule has 2 unspecified atom stereocenters. The average Bonchev–Trinajstić information content (AvgIpc) is 3.67. The van der Waals surface area contributed by atoms with Crippen LogP contribution in [0.25, 0.3) is 0 Å². The molecule has 0 N–H and O–H groups in total. The summed E-state index contributed by atoms with van der Waals surface area (Å²) in [5.74, 6) is 1.25. The molecule has 48 heavy (non-hydrogen) atoms. The Morgan fingerprint density at radius 1 is 0.812 bits per heavy atom. The molecule has 0 amide bonds. The number of aromatic nitrogens is 3. The molecule has 1 aromatic carbocycles. The van der Waals surface area contributed by atoms with Crippen molar-refractivity contribution in [2.75, 3.05) is 7.05 Å². The second-order valence-electron chi connectivity index (χ2n) is 14.2. The van der Waals surface area contributed by atoms with Gasteiger partial charge in [-0.1, -0.05) is 122 Å². The van der Waals surface area contributed by atoms with Gasteiger partial charge in [0.05, 0.1) is 16.4 Å². The van der Waals surface area contributed by atoms with Crippen LogP contribution in [0, 0.1) is 5.92 Å². The van der Waals surface area contributed by atoms with Gasteiger partial charge in [-0.25, -0.2) is 8.42 Å². The van der Waals surface area contributed by atoms with E-state index in [0.717, 1.165) is 35.5 Å². The number of pyridine rings is 1. The van der Waals surface area contributed by atoms with Gasteiger partial charge in [-0.2, -0.15) is 9.29 Å². The Bertz CT molecular complexity index is 1590. The first-order valence-electron chi connectivity index (χ1n) is 18.4. The molecule has 2 atom stereocenters. The van der Waals surface area contributed by atoms with E-state index >= 15 is 0 Å². The number of fused-ring (bicyclic) bond motifs is 1. The van der Waals surface area contributed by atoms with E-state index in [1.54, 1.807) is 31.6 Å². The molecule has 10 heteroatoms. The van der Waals surface area contributed by atoms with Gasteiger partial charge in [0, 0.05) is 26.1 Å². The summed E-state index contributed by atoms with van der Waals surface area (Å²) in [5.41, 5.74) is 0.309. The summed E-state index contributed by atoms with van der Waals surface area (Å²) >= 11 is 0. The number of sulfonamides is 1. The number of hydrogen-bond acceptors (Lipinski definition) is 8. The summed E-state index contributed by atoms with van der Waals surface area (Å²) in [6.45, 7) is 8.39. The van der Waals surface area contributed by atoms with Gasteiger partial charge in [-0.3, -0.25) is 15.0 Å². The van der Waals surface area contributed by atoms with Crippen LogP contribution in [0.3, 0.4) is 0 Å². The van der Waals surface area contributed by atoms with Crippen LogP contribution < -0.4 is 10.7 Å². The summed E-state index contributed by atoms with van der Waals surface area (Å²) < 4.78 is 34.7. The van der Waals surface area contributed by atoms with Gasteiger partial charge in [0.1, 0.15) is 11.4 Å². The van der Waals surface area contributed by atoms with Crippen molar-refractivity contribution in [2.45, 2.75) is 153 Å². The Morgan fingerprint density at radius 2 is 1.40 bits per heavy atom. The predicted molar refractivity (Wildman–Crippen MR) is 191 cm³/mol. The van der Waals surface area contributed by atoms with Crippen molar-refractivity contribution < 1.29 is 12.9 Å². The van der Waals surface area contributed by atoms with Gasteiger partial charge in [-0.05, 0) is 49.4 Å². The van der Waals surface area contributed by atoms with E-state index in [9.17, 15) is 8.42 Å². The number of benzene rings is 1. The first-order chi connectivity index (χ1) is 23.1. The maximum atomic E-state index is 13.8. The lowest BCUT2D eigenvalue weighted by Crippen LogP contribution is -2.32. The maximum absolute atomic E-state index is 13.8. The van der Waals surface area contributed by atoms with Crippen LogP contribution in [0.1, 0.15) is 147 Å². The normalized spacial score (nSPS) is 16.6. The lowest BCUT2D eigenvalue weighted by atomic mass is 10.0. The largest absolute Gasteiger partial charge is 0.338 e. The van der Waals surface area contributed by atoms with E-state index in [2.05, 4.69) is 35.9 Å². The van der Waals surface area contributed by atoms with Crippen LogP contribution in [0.2, 0.25) is 0 Å². The molecular formula is C38H58N6O3S. The summed E-state index contributed by atoms with van der Waals surface area (Å²) in [6.07, 6.45) is 23.7. The molecule has 3 heterocycles. The first kappa shape index (κ1) is 37.8. The molecule has 0 fully saturated rings. The topological polar surface area (TPSA) is 114 Å². The fraction of sp³-hybridized carbons (Fsp3) is 0.658. The number of unbranched alkanes of at least 4 members (excludes halogenated alkanes) is 13. The number of hydrogen-bond donors (Lipinski definition) is 0. The van der Waals surface area contributed by atoms with Gasteiger partial charge in [0.15, 0.2) is 11.5 Å². The Morgan fingerprint density at radius 3 is 1.98 bits per heavy atom. The smallest absolute Gasteiger partial charge is 0.245 e. The molecule has 264 valence electrons. The highest BCUT2D eigenvalue weighted by Gasteiger charge is 2.34. The van der Waals surface area contributed by atoms with Gasteiger partial charge >= 0.3 is 0 Å². The van der Waals surface area contributed by atoms with Crippen LogP contribution in [0.5, 0.6) is 0 Å². The second-order valence-corrected chi connectivity index (χ2v) is 16.2. The number of nitrogens with zero attached hydrogens (tertiary/aromatic N) is 6. The minimum Gasteiger partial charge on any atom is -0.338 e. The molecule has 0 saturated carbocycles. The SMILES string of the molecule is CCCCCCCCCCCCCCCCc1noc(C(CC(C)C)N(C)S(=O)(=O)c2ccc(CC3(C)N=c4ccncc4=N3)cc2)n1. The monoisotopic (exact) mass is 678 g/mol. The molecule has 1 aliphatic rings. The Kier molecular flexibility index (Phi) is 14.7. The van der Waals surface area contributed by atoms with E-state index in [1.165, 1.54) is 81.4 Å². The highest BCUT2D eigenvalue weighted by atomic mass is 32.2. The van der Waals surface area contributed by atoms with Crippen LogP contribution in [-0.4, -0.2) is 40.6 Å². The van der Waals surface area contributed by atoms with Crippen LogP contribution in [-0.2, 0) is 22.9 Å². The molecule has 4 rings (SSSR count). The zero-order valence-corrected chi connectivity index (χ0v) is 30.8. The molecule has 0 radical (unpaired) electrons. The molecule has 3 aromatic rings. The van der Waals surface area contributed by atoms with Crippen molar-refractivity contribution in [1.82, 2.24) is 19.4 Å². The van der Waals surface area contributed by atoms with Crippen molar-refractivity contribution in [1.29, 1.82) is 0 Å². The summed E-state index contributed by atoms with van der Waals surface area (Å²) in [7, 11) is -2.21. The zero-order chi connectivity index (χ0) is 34.4. The predicted octanol–water partition coefficient (Wildman–Crippen LogP) is 8.11. The van der Waals surface area contributed by atoms with Crippen molar-refractivity contribution in [3.8, 4) is 0 Å². The van der Waals surface area contributed by atoms with Gasteiger partial charge in [0.25, 0.3) is 0 Å². The molecule has 0 aliphatic carbocycles. The van der Waals surface area contributed by atoms with Crippen molar-refractivity contribution in [3.05, 3.63) is 70.7 Å². The van der Waals surface area contributed by atoms with E-state index < -0.39 is 21.7 Å². The molecular weight excluding hydrogens is 621 g/mol. The minimum absolute atomic E-state index is 0.225. The highest BCUT2D eigenvalue weighted by Crippen LogP contribution is 2.31. The average molecular weight is 679 g/mol.